The number of nitrogens with two attached hydrogens (primary N) is 1. The van der Waals surface area contributed by atoms with Gasteiger partial charge in [-0.25, -0.2) is 4.98 Å². The molecule has 0 aliphatic heterocycles. The zero-order valence-corrected chi connectivity index (χ0v) is 12.8. The molecule has 2 N–H and O–H groups in total. The van der Waals surface area contributed by atoms with Gasteiger partial charge in [0.25, 0.3) is 0 Å². The first-order valence-electron chi connectivity index (χ1n) is 6.05. The van der Waals surface area contributed by atoms with Crippen LogP contribution in [0.2, 0.25) is 10.2 Å². The van der Waals surface area contributed by atoms with Crippen LogP contribution in [0.4, 0.5) is 17.6 Å². The summed E-state index contributed by atoms with van der Waals surface area (Å²) >= 11 is 12.3. The van der Waals surface area contributed by atoms with Crippen LogP contribution in [0.25, 0.3) is 0 Å². The van der Waals surface area contributed by atoms with E-state index in [0.29, 0.717) is 33.8 Å². The maximum Gasteiger partial charge on any atom is 0.223 e. The highest BCUT2D eigenvalue weighted by atomic mass is 35.5. The number of aryl methyl sites for hydroxylation is 1. The van der Waals surface area contributed by atoms with Crippen LogP contribution in [0.15, 0.2) is 6.20 Å². The number of nitrogens with zero attached hydrogens (tertiary/aromatic N) is 5. The number of nitrogen functional groups attached to an aromatic ring is 1. The number of hydrogen-bond donors (Lipinski definition) is 1. The first-order chi connectivity index (χ1) is 9.47. The fraction of sp³-hybridized carbons (Fsp3) is 0.333. The second-order valence-corrected chi connectivity index (χ2v) is 4.91. The van der Waals surface area contributed by atoms with Crippen molar-refractivity contribution in [1.82, 2.24) is 19.7 Å². The van der Waals surface area contributed by atoms with Crippen LogP contribution >= 0.6 is 23.2 Å². The molecular weight excluding hydrogens is 299 g/mol. The Labute approximate surface area is 127 Å². The summed E-state index contributed by atoms with van der Waals surface area (Å²) in [6.45, 7) is 6.54. The second kappa shape index (κ2) is 5.85. The molecule has 2 aromatic heterocycles. The highest BCUT2D eigenvalue weighted by molar-refractivity contribution is 6.33. The summed E-state index contributed by atoms with van der Waals surface area (Å²) in [4.78, 5) is 9.88. The van der Waals surface area contributed by atoms with Gasteiger partial charge in [-0.05, 0) is 20.3 Å². The molecule has 0 fully saturated rings. The first kappa shape index (κ1) is 14.9. The fourth-order valence-corrected chi connectivity index (χ4v) is 2.37. The van der Waals surface area contributed by atoms with Crippen LogP contribution in [-0.4, -0.2) is 26.8 Å². The number of aromatic nitrogens is 4. The van der Waals surface area contributed by atoms with Crippen molar-refractivity contribution >= 4 is 40.8 Å². The van der Waals surface area contributed by atoms with Crippen LogP contribution < -0.4 is 10.6 Å². The van der Waals surface area contributed by atoms with E-state index in [1.165, 1.54) is 0 Å². The Morgan fingerprint density at radius 2 is 2.05 bits per heavy atom. The molecule has 0 saturated heterocycles. The number of rotatable bonds is 4. The van der Waals surface area contributed by atoms with E-state index in [1.54, 1.807) is 22.8 Å². The molecule has 0 aliphatic carbocycles. The Morgan fingerprint density at radius 3 is 2.60 bits per heavy atom. The molecular formula is C12H15Cl2N6. The molecule has 2 heterocycles. The lowest BCUT2D eigenvalue weighted by Gasteiger charge is -2.19. The molecule has 1 radical (unpaired) electrons. The van der Waals surface area contributed by atoms with Crippen molar-refractivity contribution in [2.75, 3.05) is 17.7 Å². The minimum Gasteiger partial charge on any atom is -0.368 e. The lowest BCUT2D eigenvalue weighted by molar-refractivity contribution is 0.659. The Balaban J connectivity index is 2.52. The van der Waals surface area contributed by atoms with Gasteiger partial charge in [-0.3, -0.25) is 4.68 Å². The van der Waals surface area contributed by atoms with Crippen molar-refractivity contribution in [3.63, 3.8) is 0 Å². The van der Waals surface area contributed by atoms with Crippen molar-refractivity contribution in [2.24, 2.45) is 0 Å². The Kier molecular flexibility index (Phi) is 4.35. The van der Waals surface area contributed by atoms with Crippen molar-refractivity contribution in [1.29, 1.82) is 0 Å². The molecule has 0 unspecified atom stereocenters. The summed E-state index contributed by atoms with van der Waals surface area (Å²) in [6.07, 6.45) is 2.19. The van der Waals surface area contributed by atoms with Crippen LogP contribution in [0, 0.1) is 6.92 Å². The molecule has 0 atom stereocenters. The van der Waals surface area contributed by atoms with E-state index in [4.69, 9.17) is 28.9 Å². The smallest absolute Gasteiger partial charge is 0.223 e. The maximum absolute atomic E-state index is 6.20. The monoisotopic (exact) mass is 313 g/mol. The number of hydrogen-bond acceptors (Lipinski definition) is 5. The summed E-state index contributed by atoms with van der Waals surface area (Å²) < 4.78 is 1.74. The third kappa shape index (κ3) is 2.66. The van der Waals surface area contributed by atoms with Crippen LogP contribution in [-0.2, 0) is 13.0 Å². The minimum absolute atomic E-state index is 0.0973. The highest BCUT2D eigenvalue weighted by Crippen LogP contribution is 2.32. The molecule has 20 heavy (non-hydrogen) atoms. The minimum atomic E-state index is 0.0973. The van der Waals surface area contributed by atoms with Gasteiger partial charge in [-0.2, -0.15) is 10.1 Å². The molecule has 0 saturated carbocycles. The molecule has 2 rings (SSSR count). The molecule has 0 bridgehead atoms. The number of halogens is 2. The average Bonchev–Trinajstić information content (AvgIpc) is 2.78. The lowest BCUT2D eigenvalue weighted by Crippen LogP contribution is -2.17. The molecule has 2 aromatic rings. The van der Waals surface area contributed by atoms with Gasteiger partial charge in [-0.15, -0.1) is 0 Å². The molecule has 0 amide bonds. The Hall–Kier alpha value is -1.53. The Morgan fingerprint density at radius 1 is 1.35 bits per heavy atom. The molecule has 0 spiro atoms. The first-order valence-corrected chi connectivity index (χ1v) is 6.81. The molecule has 6 nitrogen and oxygen atoms in total. The quantitative estimate of drug-likeness (QED) is 0.879. The van der Waals surface area contributed by atoms with Gasteiger partial charge in [0.1, 0.15) is 16.0 Å². The summed E-state index contributed by atoms with van der Waals surface area (Å²) in [5, 5.41) is 5.20. The van der Waals surface area contributed by atoms with Crippen LogP contribution in [0.3, 0.4) is 0 Å². The predicted molar refractivity (Wildman–Crippen MR) is 81.5 cm³/mol. The second-order valence-electron chi connectivity index (χ2n) is 4.14. The highest BCUT2D eigenvalue weighted by Gasteiger charge is 2.19. The standard InChI is InChI=1S/C12H15Cl2N6/c1-4-7-9(14)16-12(15)17-10(7)19(3)11-8(13)6-20(5-2)18-11/h6H,1,4-5H2,2-3H3,(H2,15,16,17). The zero-order valence-electron chi connectivity index (χ0n) is 11.3. The van der Waals surface area contributed by atoms with Gasteiger partial charge < -0.3 is 10.6 Å². The molecule has 107 valence electrons. The molecule has 0 aliphatic rings. The van der Waals surface area contributed by atoms with E-state index >= 15 is 0 Å². The van der Waals surface area contributed by atoms with E-state index in [9.17, 15) is 0 Å². The van der Waals surface area contributed by atoms with Gasteiger partial charge in [0, 0.05) is 25.4 Å². The van der Waals surface area contributed by atoms with Gasteiger partial charge in [-0.1, -0.05) is 23.2 Å². The summed E-state index contributed by atoms with van der Waals surface area (Å²) in [7, 11) is 1.80. The third-order valence-corrected chi connectivity index (χ3v) is 3.44. The van der Waals surface area contributed by atoms with E-state index < -0.39 is 0 Å². The fourth-order valence-electron chi connectivity index (χ4n) is 1.83. The van der Waals surface area contributed by atoms with E-state index in [0.717, 1.165) is 6.54 Å². The largest absolute Gasteiger partial charge is 0.368 e. The topological polar surface area (TPSA) is 72.9 Å². The summed E-state index contributed by atoms with van der Waals surface area (Å²) in [5.41, 5.74) is 6.36. The maximum atomic E-state index is 6.20. The number of anilines is 3. The summed E-state index contributed by atoms with van der Waals surface area (Å²) in [6, 6.07) is 0. The van der Waals surface area contributed by atoms with Crippen molar-refractivity contribution in [3.05, 3.63) is 28.9 Å². The lowest BCUT2D eigenvalue weighted by atomic mass is 10.2. The average molecular weight is 314 g/mol. The van der Waals surface area contributed by atoms with E-state index in [1.807, 2.05) is 6.92 Å². The van der Waals surface area contributed by atoms with E-state index in [-0.39, 0.29) is 5.95 Å². The van der Waals surface area contributed by atoms with Crippen LogP contribution in [0.5, 0.6) is 0 Å². The van der Waals surface area contributed by atoms with Gasteiger partial charge in [0.2, 0.25) is 5.95 Å². The molecule has 8 heteroatoms. The predicted octanol–water partition coefficient (Wildman–Crippen LogP) is 2.73. The summed E-state index contributed by atoms with van der Waals surface area (Å²) in [5.74, 6) is 1.23. The SMILES string of the molecule is [CH2]Cc1c(Cl)nc(N)nc1N(C)c1nn(CC)cc1Cl. The van der Waals surface area contributed by atoms with Gasteiger partial charge in [0.15, 0.2) is 5.82 Å². The van der Waals surface area contributed by atoms with Crippen molar-refractivity contribution in [2.45, 2.75) is 19.9 Å². The third-order valence-electron chi connectivity index (χ3n) is 2.86. The van der Waals surface area contributed by atoms with Gasteiger partial charge in [0.05, 0.1) is 0 Å². The molecule has 0 aromatic carbocycles. The Bertz CT molecular complexity index is 625. The zero-order chi connectivity index (χ0) is 14.9. The van der Waals surface area contributed by atoms with Crippen molar-refractivity contribution < 1.29 is 0 Å². The van der Waals surface area contributed by atoms with Gasteiger partial charge >= 0.3 is 0 Å². The normalized spacial score (nSPS) is 10.8. The van der Waals surface area contributed by atoms with E-state index in [2.05, 4.69) is 22.0 Å². The van der Waals surface area contributed by atoms with Crippen LogP contribution in [0.1, 0.15) is 12.5 Å². The van der Waals surface area contributed by atoms with Crippen molar-refractivity contribution in [3.8, 4) is 0 Å².